The van der Waals surface area contributed by atoms with E-state index < -0.39 is 5.97 Å². The van der Waals surface area contributed by atoms with E-state index in [0.29, 0.717) is 16.7 Å². The molecule has 0 amide bonds. The van der Waals surface area contributed by atoms with E-state index in [-0.39, 0.29) is 4.88 Å². The van der Waals surface area contributed by atoms with Crippen molar-refractivity contribution in [2.45, 2.75) is 13.8 Å². The topological polar surface area (TPSA) is 54.4 Å². The normalized spacial score (nSPS) is 9.83. The molecule has 0 aliphatic carbocycles. The van der Waals surface area contributed by atoms with Crippen LogP contribution in [0.25, 0.3) is 0 Å². The highest BCUT2D eigenvalue weighted by molar-refractivity contribution is 7.15. The standard InChI is InChI=1S/C8H8O3S/c1-4-5(2)7(8(10)11)12-6(4)3-9/h3H,1-2H3,(H,10,11). The molecule has 1 rings (SSSR count). The van der Waals surface area contributed by atoms with Gasteiger partial charge in [-0.15, -0.1) is 11.3 Å². The maximum atomic E-state index is 10.6. The van der Waals surface area contributed by atoms with Gasteiger partial charge in [0.05, 0.1) is 4.88 Å². The van der Waals surface area contributed by atoms with E-state index in [0.717, 1.165) is 16.9 Å². The van der Waals surface area contributed by atoms with Crippen LogP contribution in [-0.4, -0.2) is 17.4 Å². The van der Waals surface area contributed by atoms with Gasteiger partial charge in [-0.3, -0.25) is 4.79 Å². The van der Waals surface area contributed by atoms with E-state index in [9.17, 15) is 9.59 Å². The third kappa shape index (κ3) is 1.25. The predicted octanol–water partition coefficient (Wildman–Crippen LogP) is 1.88. The lowest BCUT2D eigenvalue weighted by atomic mass is 10.1. The minimum Gasteiger partial charge on any atom is -0.477 e. The van der Waals surface area contributed by atoms with E-state index in [1.807, 2.05) is 0 Å². The van der Waals surface area contributed by atoms with Crippen LogP contribution < -0.4 is 0 Å². The lowest BCUT2D eigenvalue weighted by Crippen LogP contribution is -1.94. The van der Waals surface area contributed by atoms with Crippen LogP contribution in [0.3, 0.4) is 0 Å². The smallest absolute Gasteiger partial charge is 0.346 e. The second-order valence-corrected chi connectivity index (χ2v) is 3.52. The average Bonchev–Trinajstić information content (AvgIpc) is 2.30. The van der Waals surface area contributed by atoms with Crippen molar-refractivity contribution in [3.8, 4) is 0 Å². The summed E-state index contributed by atoms with van der Waals surface area (Å²) >= 11 is 1.03. The molecular formula is C8H8O3S. The minimum atomic E-state index is -0.964. The van der Waals surface area contributed by atoms with Gasteiger partial charge in [0.2, 0.25) is 0 Å². The summed E-state index contributed by atoms with van der Waals surface area (Å²) in [6.45, 7) is 3.46. The maximum Gasteiger partial charge on any atom is 0.346 e. The van der Waals surface area contributed by atoms with Crippen molar-refractivity contribution >= 4 is 23.6 Å². The van der Waals surface area contributed by atoms with E-state index in [2.05, 4.69) is 0 Å². The van der Waals surface area contributed by atoms with E-state index in [4.69, 9.17) is 5.11 Å². The molecule has 0 spiro atoms. The molecular weight excluding hydrogens is 176 g/mol. The van der Waals surface area contributed by atoms with Gasteiger partial charge in [0.25, 0.3) is 0 Å². The van der Waals surface area contributed by atoms with Crippen LogP contribution in [0.5, 0.6) is 0 Å². The quantitative estimate of drug-likeness (QED) is 0.714. The summed E-state index contributed by atoms with van der Waals surface area (Å²) in [7, 11) is 0. The number of aromatic carboxylic acids is 1. The molecule has 0 atom stereocenters. The number of carboxylic acids is 1. The second-order valence-electron chi connectivity index (χ2n) is 2.47. The molecule has 64 valence electrons. The van der Waals surface area contributed by atoms with Crippen LogP contribution >= 0.6 is 11.3 Å². The zero-order chi connectivity index (χ0) is 9.30. The van der Waals surface area contributed by atoms with Gasteiger partial charge in [0.15, 0.2) is 6.29 Å². The molecule has 0 aliphatic heterocycles. The fraction of sp³-hybridized carbons (Fsp3) is 0.250. The molecule has 0 saturated carbocycles. The molecule has 3 nitrogen and oxygen atoms in total. The number of thiophene rings is 1. The monoisotopic (exact) mass is 184 g/mol. The molecule has 0 aromatic carbocycles. The third-order valence-corrected chi connectivity index (χ3v) is 3.09. The molecule has 1 heterocycles. The van der Waals surface area contributed by atoms with Crippen LogP contribution in [0.15, 0.2) is 0 Å². The van der Waals surface area contributed by atoms with Crippen LogP contribution in [0, 0.1) is 13.8 Å². The van der Waals surface area contributed by atoms with Gasteiger partial charge in [-0.25, -0.2) is 4.79 Å². The molecule has 1 aromatic rings. The fourth-order valence-electron chi connectivity index (χ4n) is 0.935. The number of carbonyl (C=O) groups excluding carboxylic acids is 1. The van der Waals surface area contributed by atoms with Gasteiger partial charge in [0, 0.05) is 0 Å². The summed E-state index contributed by atoms with van der Waals surface area (Å²) in [5.41, 5.74) is 1.46. The first-order chi connectivity index (χ1) is 5.57. The van der Waals surface area contributed by atoms with Gasteiger partial charge in [-0.05, 0) is 25.0 Å². The number of hydrogen-bond donors (Lipinski definition) is 1. The Hall–Kier alpha value is -1.16. The molecule has 0 aliphatic rings. The van der Waals surface area contributed by atoms with E-state index in [1.165, 1.54) is 0 Å². The number of carbonyl (C=O) groups is 2. The highest BCUT2D eigenvalue weighted by Gasteiger charge is 2.15. The predicted molar refractivity (Wildman–Crippen MR) is 46.1 cm³/mol. The molecule has 12 heavy (non-hydrogen) atoms. The minimum absolute atomic E-state index is 0.259. The Balaban J connectivity index is 3.34. The zero-order valence-electron chi connectivity index (χ0n) is 6.75. The summed E-state index contributed by atoms with van der Waals surface area (Å²) < 4.78 is 0. The van der Waals surface area contributed by atoms with Crippen LogP contribution in [-0.2, 0) is 0 Å². The van der Waals surface area contributed by atoms with Gasteiger partial charge in [-0.2, -0.15) is 0 Å². The summed E-state index contributed by atoms with van der Waals surface area (Å²) in [6, 6.07) is 0. The zero-order valence-corrected chi connectivity index (χ0v) is 7.57. The number of aldehydes is 1. The molecule has 0 bridgehead atoms. The van der Waals surface area contributed by atoms with Crippen molar-refractivity contribution in [1.29, 1.82) is 0 Å². The SMILES string of the molecule is Cc1c(C=O)sc(C(=O)O)c1C. The Bertz CT molecular complexity index is 338. The largest absolute Gasteiger partial charge is 0.477 e. The first-order valence-corrected chi connectivity index (χ1v) is 4.18. The average molecular weight is 184 g/mol. The summed E-state index contributed by atoms with van der Waals surface area (Å²) in [6.07, 6.45) is 0.694. The summed E-state index contributed by atoms with van der Waals surface area (Å²) in [5.74, 6) is -0.964. The number of carboxylic acid groups (broad SMARTS) is 1. The van der Waals surface area contributed by atoms with Crippen molar-refractivity contribution in [2.75, 3.05) is 0 Å². The number of hydrogen-bond acceptors (Lipinski definition) is 3. The molecule has 1 N–H and O–H groups in total. The Labute approximate surface area is 73.6 Å². The van der Waals surface area contributed by atoms with Crippen LogP contribution in [0.4, 0.5) is 0 Å². The summed E-state index contributed by atoms with van der Waals surface area (Å²) in [4.78, 5) is 21.8. The van der Waals surface area contributed by atoms with Crippen molar-refractivity contribution in [2.24, 2.45) is 0 Å². The van der Waals surface area contributed by atoms with Gasteiger partial charge in [-0.1, -0.05) is 0 Å². The number of rotatable bonds is 2. The Morgan fingerprint density at radius 2 is 2.00 bits per heavy atom. The maximum absolute atomic E-state index is 10.6. The van der Waals surface area contributed by atoms with Gasteiger partial charge >= 0.3 is 5.97 Å². The molecule has 0 saturated heterocycles. The highest BCUT2D eigenvalue weighted by Crippen LogP contribution is 2.25. The first-order valence-electron chi connectivity index (χ1n) is 3.36. The Morgan fingerprint density at radius 1 is 1.42 bits per heavy atom. The molecule has 0 radical (unpaired) electrons. The van der Waals surface area contributed by atoms with Crippen molar-refractivity contribution in [3.05, 3.63) is 20.9 Å². The Kier molecular flexibility index (Phi) is 2.28. The summed E-state index contributed by atoms with van der Waals surface area (Å²) in [5, 5.41) is 8.69. The molecule has 0 unspecified atom stereocenters. The first kappa shape index (κ1) is 8.93. The van der Waals surface area contributed by atoms with Gasteiger partial charge in [0.1, 0.15) is 4.88 Å². The van der Waals surface area contributed by atoms with Crippen LogP contribution in [0.2, 0.25) is 0 Å². The molecule has 0 fully saturated rings. The third-order valence-electron chi connectivity index (χ3n) is 1.79. The van der Waals surface area contributed by atoms with Crippen molar-refractivity contribution in [1.82, 2.24) is 0 Å². The van der Waals surface area contributed by atoms with E-state index >= 15 is 0 Å². The lowest BCUT2D eigenvalue weighted by Gasteiger charge is -1.90. The lowest BCUT2D eigenvalue weighted by molar-refractivity contribution is 0.0701. The van der Waals surface area contributed by atoms with Crippen molar-refractivity contribution in [3.63, 3.8) is 0 Å². The molecule has 4 heteroatoms. The van der Waals surface area contributed by atoms with E-state index in [1.54, 1.807) is 13.8 Å². The second kappa shape index (κ2) is 3.06. The Morgan fingerprint density at radius 3 is 2.25 bits per heavy atom. The van der Waals surface area contributed by atoms with Crippen LogP contribution in [0.1, 0.15) is 30.5 Å². The van der Waals surface area contributed by atoms with Gasteiger partial charge < -0.3 is 5.11 Å². The fourth-order valence-corrected chi connectivity index (χ4v) is 1.90. The van der Waals surface area contributed by atoms with Crippen molar-refractivity contribution < 1.29 is 14.7 Å². The highest BCUT2D eigenvalue weighted by atomic mass is 32.1. The molecule has 1 aromatic heterocycles.